The lowest BCUT2D eigenvalue weighted by Gasteiger charge is -2.16. The highest BCUT2D eigenvalue weighted by atomic mass is 16.5. The minimum Gasteiger partial charge on any atom is -0.455 e. The molecule has 3 aromatic rings. The highest BCUT2D eigenvalue weighted by molar-refractivity contribution is 5.92. The second kappa shape index (κ2) is 7.92. The van der Waals surface area contributed by atoms with Crippen molar-refractivity contribution in [2.75, 3.05) is 11.9 Å². The van der Waals surface area contributed by atoms with Crippen LogP contribution in [0.1, 0.15) is 17.0 Å². The second-order valence-corrected chi connectivity index (χ2v) is 5.29. The number of amides is 1. The summed E-state index contributed by atoms with van der Waals surface area (Å²) in [6, 6.07) is 20.1. The number of hydrogen-bond acceptors (Lipinski definition) is 5. The molecule has 0 spiro atoms. The fourth-order valence-corrected chi connectivity index (χ4v) is 2.43. The van der Waals surface area contributed by atoms with E-state index in [1.807, 2.05) is 60.7 Å². The van der Waals surface area contributed by atoms with Crippen molar-refractivity contribution in [1.82, 2.24) is 5.16 Å². The Bertz CT molecular complexity index is 778. The lowest BCUT2D eigenvalue weighted by Crippen LogP contribution is -2.24. The average Bonchev–Trinajstić information content (AvgIpc) is 3.15. The van der Waals surface area contributed by atoms with Crippen LogP contribution in [0.25, 0.3) is 0 Å². The van der Waals surface area contributed by atoms with Gasteiger partial charge in [0.2, 0.25) is 0 Å². The van der Waals surface area contributed by atoms with Crippen LogP contribution in [-0.2, 0) is 14.3 Å². The van der Waals surface area contributed by atoms with Gasteiger partial charge in [0.05, 0.1) is 0 Å². The number of nitrogens with one attached hydrogen (secondary N) is 1. The largest absolute Gasteiger partial charge is 0.455 e. The van der Waals surface area contributed by atoms with Crippen LogP contribution in [0.5, 0.6) is 0 Å². The molecule has 0 aliphatic heterocycles. The maximum absolute atomic E-state index is 12.6. The smallest absolute Gasteiger partial charge is 0.318 e. The Morgan fingerprint density at radius 3 is 2.08 bits per heavy atom. The molecule has 6 nitrogen and oxygen atoms in total. The van der Waals surface area contributed by atoms with E-state index in [0.29, 0.717) is 0 Å². The van der Waals surface area contributed by atoms with E-state index in [2.05, 4.69) is 15.0 Å². The van der Waals surface area contributed by atoms with Crippen molar-refractivity contribution in [3.8, 4) is 0 Å². The van der Waals surface area contributed by atoms with Crippen LogP contribution in [0, 0.1) is 0 Å². The Hall–Kier alpha value is -3.41. The standard InChI is InChI=1S/C19H16N2O4/c22-17(20-16-11-12-25-21-16)13-24-19(23)18(14-7-3-1-4-8-14)15-9-5-2-6-10-15/h1-12,18H,13H2,(H,20,21,22). The van der Waals surface area contributed by atoms with Crippen LogP contribution < -0.4 is 5.32 Å². The van der Waals surface area contributed by atoms with Gasteiger partial charge in [0, 0.05) is 6.07 Å². The minimum atomic E-state index is -0.595. The van der Waals surface area contributed by atoms with Gasteiger partial charge in [-0.25, -0.2) is 0 Å². The third-order valence-electron chi connectivity index (χ3n) is 3.55. The predicted octanol–water partition coefficient (Wildman–Crippen LogP) is 2.99. The highest BCUT2D eigenvalue weighted by Gasteiger charge is 2.24. The topological polar surface area (TPSA) is 81.4 Å². The first-order valence-corrected chi connectivity index (χ1v) is 7.71. The molecule has 25 heavy (non-hydrogen) atoms. The summed E-state index contributed by atoms with van der Waals surface area (Å²) in [4.78, 5) is 24.5. The zero-order chi connectivity index (χ0) is 17.5. The van der Waals surface area contributed by atoms with Crippen molar-refractivity contribution >= 4 is 17.7 Å². The number of benzene rings is 2. The number of ether oxygens (including phenoxy) is 1. The van der Waals surface area contributed by atoms with Crippen LogP contribution >= 0.6 is 0 Å². The zero-order valence-electron chi connectivity index (χ0n) is 13.3. The number of esters is 1. The number of rotatable bonds is 6. The van der Waals surface area contributed by atoms with Crippen molar-refractivity contribution in [2.24, 2.45) is 0 Å². The quantitative estimate of drug-likeness (QED) is 0.700. The third-order valence-corrected chi connectivity index (χ3v) is 3.55. The molecule has 6 heteroatoms. The maximum atomic E-state index is 12.6. The molecule has 2 aromatic carbocycles. The maximum Gasteiger partial charge on any atom is 0.318 e. The predicted molar refractivity (Wildman–Crippen MR) is 90.8 cm³/mol. The van der Waals surface area contributed by atoms with E-state index in [-0.39, 0.29) is 5.82 Å². The molecule has 0 aliphatic carbocycles. The van der Waals surface area contributed by atoms with E-state index in [4.69, 9.17) is 4.74 Å². The van der Waals surface area contributed by atoms with E-state index in [0.717, 1.165) is 11.1 Å². The number of carbonyl (C=O) groups excluding carboxylic acids is 2. The van der Waals surface area contributed by atoms with Crippen LogP contribution in [0.3, 0.4) is 0 Å². The Morgan fingerprint density at radius 1 is 0.960 bits per heavy atom. The van der Waals surface area contributed by atoms with Crippen molar-refractivity contribution < 1.29 is 18.8 Å². The molecule has 0 saturated carbocycles. The van der Waals surface area contributed by atoms with Gasteiger partial charge in [-0.2, -0.15) is 0 Å². The highest BCUT2D eigenvalue weighted by Crippen LogP contribution is 2.25. The van der Waals surface area contributed by atoms with Gasteiger partial charge < -0.3 is 14.6 Å². The Labute approximate surface area is 144 Å². The summed E-state index contributed by atoms with van der Waals surface area (Å²) in [5.74, 6) is -1.30. The van der Waals surface area contributed by atoms with E-state index >= 15 is 0 Å². The van der Waals surface area contributed by atoms with E-state index < -0.39 is 24.4 Å². The van der Waals surface area contributed by atoms with E-state index in [1.165, 1.54) is 12.3 Å². The fraction of sp³-hybridized carbons (Fsp3) is 0.105. The molecule has 3 rings (SSSR count). The first-order chi connectivity index (χ1) is 12.2. The van der Waals surface area contributed by atoms with Gasteiger partial charge in [0.15, 0.2) is 12.4 Å². The van der Waals surface area contributed by atoms with Gasteiger partial charge in [0.25, 0.3) is 5.91 Å². The minimum absolute atomic E-state index is 0.267. The van der Waals surface area contributed by atoms with Crippen LogP contribution in [0.4, 0.5) is 5.82 Å². The van der Waals surface area contributed by atoms with Crippen molar-refractivity contribution in [3.05, 3.63) is 84.1 Å². The van der Waals surface area contributed by atoms with E-state index in [9.17, 15) is 9.59 Å². The number of aromatic nitrogens is 1. The SMILES string of the molecule is O=C(COC(=O)C(c1ccccc1)c1ccccc1)Nc1ccon1. The molecule has 1 N–H and O–H groups in total. The molecular weight excluding hydrogens is 320 g/mol. The molecule has 1 amide bonds. The first kappa shape index (κ1) is 16.4. The molecule has 0 fully saturated rings. The zero-order valence-corrected chi connectivity index (χ0v) is 13.3. The van der Waals surface area contributed by atoms with Crippen LogP contribution in [0.15, 0.2) is 77.5 Å². The lowest BCUT2D eigenvalue weighted by molar-refractivity contribution is -0.147. The summed E-state index contributed by atoms with van der Waals surface area (Å²) < 4.78 is 9.84. The van der Waals surface area contributed by atoms with Crippen LogP contribution in [0.2, 0.25) is 0 Å². The summed E-state index contributed by atoms with van der Waals surface area (Å²) in [6.07, 6.45) is 1.34. The third kappa shape index (κ3) is 4.32. The molecule has 0 saturated heterocycles. The molecule has 0 bridgehead atoms. The molecular formula is C19H16N2O4. The summed E-state index contributed by atoms with van der Waals surface area (Å²) in [5, 5.41) is 6.04. The van der Waals surface area contributed by atoms with Gasteiger partial charge in [-0.3, -0.25) is 9.59 Å². The van der Waals surface area contributed by atoms with Crippen LogP contribution in [-0.4, -0.2) is 23.6 Å². The molecule has 126 valence electrons. The molecule has 0 aliphatic rings. The van der Waals surface area contributed by atoms with Gasteiger partial charge in [-0.15, -0.1) is 0 Å². The van der Waals surface area contributed by atoms with E-state index in [1.54, 1.807) is 0 Å². The normalized spacial score (nSPS) is 10.4. The van der Waals surface area contributed by atoms with Gasteiger partial charge in [-0.05, 0) is 11.1 Å². The molecule has 0 unspecified atom stereocenters. The van der Waals surface area contributed by atoms with Gasteiger partial charge >= 0.3 is 5.97 Å². The summed E-state index contributed by atoms with van der Waals surface area (Å²) in [5.41, 5.74) is 1.60. The first-order valence-electron chi connectivity index (χ1n) is 7.71. The number of carbonyl (C=O) groups is 2. The molecule has 1 heterocycles. The summed E-state index contributed by atoms with van der Waals surface area (Å²) >= 11 is 0. The summed E-state index contributed by atoms with van der Waals surface area (Å²) in [6.45, 7) is -0.401. The van der Waals surface area contributed by atoms with Crippen molar-refractivity contribution in [1.29, 1.82) is 0 Å². The fourth-order valence-electron chi connectivity index (χ4n) is 2.43. The molecule has 1 aromatic heterocycles. The van der Waals surface area contributed by atoms with Crippen molar-refractivity contribution in [2.45, 2.75) is 5.92 Å². The molecule has 0 atom stereocenters. The Balaban J connectivity index is 1.70. The monoisotopic (exact) mass is 336 g/mol. The Morgan fingerprint density at radius 2 is 1.56 bits per heavy atom. The molecule has 0 radical (unpaired) electrons. The van der Waals surface area contributed by atoms with Gasteiger partial charge in [-0.1, -0.05) is 65.8 Å². The lowest BCUT2D eigenvalue weighted by atomic mass is 9.91. The number of hydrogen-bond donors (Lipinski definition) is 1. The number of anilines is 1. The Kier molecular flexibility index (Phi) is 5.21. The average molecular weight is 336 g/mol. The van der Waals surface area contributed by atoms with Gasteiger partial charge in [0.1, 0.15) is 12.2 Å². The summed E-state index contributed by atoms with van der Waals surface area (Å²) in [7, 11) is 0. The number of nitrogens with zero attached hydrogens (tertiary/aromatic N) is 1. The van der Waals surface area contributed by atoms with Crippen molar-refractivity contribution in [3.63, 3.8) is 0 Å². The second-order valence-electron chi connectivity index (χ2n) is 5.29.